The Morgan fingerprint density at radius 1 is 1.05 bits per heavy atom. The Hall–Kier alpha value is -1.10. The van der Waals surface area contributed by atoms with Crippen LogP contribution in [0.5, 0.6) is 0 Å². The van der Waals surface area contributed by atoms with E-state index in [1.54, 1.807) is 0 Å². The molecule has 1 fully saturated rings. The monoisotopic (exact) mass is 299 g/mol. The van der Waals surface area contributed by atoms with E-state index in [0.29, 0.717) is 24.7 Å². The summed E-state index contributed by atoms with van der Waals surface area (Å²) < 4.78 is 5.39. The van der Waals surface area contributed by atoms with Crippen molar-refractivity contribution in [1.29, 1.82) is 0 Å². The highest BCUT2D eigenvalue weighted by Crippen LogP contribution is 2.22. The minimum absolute atomic E-state index is 0.0416. The van der Waals surface area contributed by atoms with Crippen molar-refractivity contribution >= 4 is 11.9 Å². The van der Waals surface area contributed by atoms with Gasteiger partial charge in [-0.15, -0.1) is 0 Å². The summed E-state index contributed by atoms with van der Waals surface area (Å²) in [6.45, 7) is 9.99. The number of carbonyl (C=O) groups excluding carboxylic acids is 1. The van der Waals surface area contributed by atoms with Crippen molar-refractivity contribution in [2.75, 3.05) is 13.1 Å². The van der Waals surface area contributed by atoms with E-state index < -0.39 is 18.2 Å². The molecule has 1 N–H and O–H groups in total. The highest BCUT2D eigenvalue weighted by molar-refractivity contribution is 5.82. The summed E-state index contributed by atoms with van der Waals surface area (Å²) in [6.07, 6.45) is 1.45. The predicted molar refractivity (Wildman–Crippen MR) is 81.0 cm³/mol. The number of carbonyl (C=O) groups is 2. The van der Waals surface area contributed by atoms with Gasteiger partial charge in [0.2, 0.25) is 0 Å². The maximum Gasteiger partial charge on any atom is 0.332 e. The fourth-order valence-electron chi connectivity index (χ4n) is 2.36. The number of rotatable bonds is 8. The molecule has 0 aliphatic carbocycles. The second-order valence-corrected chi connectivity index (χ2v) is 6.72. The van der Waals surface area contributed by atoms with Crippen molar-refractivity contribution in [3.63, 3.8) is 0 Å². The SMILES string of the molecule is CC(C)CCN(CCC(C)C)C(=O)C1CCC(C(=O)O)O1. The number of carboxylic acid groups (broad SMARTS) is 1. The molecule has 1 saturated heterocycles. The van der Waals surface area contributed by atoms with Gasteiger partial charge in [0.05, 0.1) is 0 Å². The molecule has 0 aromatic carbocycles. The average molecular weight is 299 g/mol. The molecule has 2 unspecified atom stereocenters. The van der Waals surface area contributed by atoms with E-state index in [4.69, 9.17) is 9.84 Å². The van der Waals surface area contributed by atoms with Crippen LogP contribution in [-0.2, 0) is 14.3 Å². The van der Waals surface area contributed by atoms with Gasteiger partial charge in [0.25, 0.3) is 5.91 Å². The van der Waals surface area contributed by atoms with Crippen LogP contribution in [0.4, 0.5) is 0 Å². The molecule has 0 spiro atoms. The fraction of sp³-hybridized carbons (Fsp3) is 0.875. The number of ether oxygens (including phenoxy) is 1. The molecule has 1 amide bonds. The number of hydrogen-bond donors (Lipinski definition) is 1. The molecule has 5 heteroatoms. The summed E-state index contributed by atoms with van der Waals surface area (Å²) in [4.78, 5) is 25.3. The van der Waals surface area contributed by atoms with Crippen molar-refractivity contribution in [1.82, 2.24) is 4.90 Å². The molecule has 2 atom stereocenters. The lowest BCUT2D eigenvalue weighted by atomic mass is 10.1. The molecule has 1 aliphatic heterocycles. The van der Waals surface area contributed by atoms with Gasteiger partial charge in [-0.2, -0.15) is 0 Å². The first-order chi connectivity index (χ1) is 9.81. The summed E-state index contributed by atoms with van der Waals surface area (Å²) in [6, 6.07) is 0. The van der Waals surface area contributed by atoms with Crippen LogP contribution >= 0.6 is 0 Å². The molecular weight excluding hydrogens is 270 g/mol. The molecule has 0 saturated carbocycles. The van der Waals surface area contributed by atoms with Gasteiger partial charge in [-0.3, -0.25) is 4.79 Å². The first kappa shape index (κ1) is 18.0. The zero-order chi connectivity index (χ0) is 16.0. The van der Waals surface area contributed by atoms with Gasteiger partial charge >= 0.3 is 5.97 Å². The van der Waals surface area contributed by atoms with Gasteiger partial charge in [0.1, 0.15) is 6.10 Å². The fourth-order valence-corrected chi connectivity index (χ4v) is 2.36. The van der Waals surface area contributed by atoms with Crippen LogP contribution in [0.15, 0.2) is 0 Å². The number of nitrogens with zero attached hydrogens (tertiary/aromatic N) is 1. The van der Waals surface area contributed by atoms with Gasteiger partial charge in [-0.25, -0.2) is 4.79 Å². The smallest absolute Gasteiger partial charge is 0.332 e. The Bertz CT molecular complexity index is 342. The number of amides is 1. The van der Waals surface area contributed by atoms with Crippen LogP contribution in [0.3, 0.4) is 0 Å². The highest BCUT2D eigenvalue weighted by Gasteiger charge is 2.36. The molecule has 1 rings (SSSR count). The lowest BCUT2D eigenvalue weighted by molar-refractivity contribution is -0.154. The Balaban J connectivity index is 2.59. The molecule has 21 heavy (non-hydrogen) atoms. The highest BCUT2D eigenvalue weighted by atomic mass is 16.5. The third-order valence-corrected chi connectivity index (χ3v) is 3.83. The van der Waals surface area contributed by atoms with Gasteiger partial charge in [-0.1, -0.05) is 27.7 Å². The molecule has 1 aliphatic rings. The van der Waals surface area contributed by atoms with E-state index in [1.165, 1.54) is 0 Å². The topological polar surface area (TPSA) is 66.8 Å². The molecule has 0 aromatic rings. The number of hydrogen-bond acceptors (Lipinski definition) is 3. The third kappa shape index (κ3) is 6.04. The summed E-state index contributed by atoms with van der Waals surface area (Å²) in [5.74, 6) is 0.0625. The van der Waals surface area contributed by atoms with E-state index in [0.717, 1.165) is 25.9 Å². The van der Waals surface area contributed by atoms with Gasteiger partial charge in [-0.05, 0) is 37.5 Å². The van der Waals surface area contributed by atoms with Crippen molar-refractivity contribution < 1.29 is 19.4 Å². The maximum atomic E-state index is 12.5. The lowest BCUT2D eigenvalue weighted by Gasteiger charge is -2.27. The largest absolute Gasteiger partial charge is 0.479 e. The Morgan fingerprint density at radius 3 is 1.90 bits per heavy atom. The Labute approximate surface area is 127 Å². The van der Waals surface area contributed by atoms with Crippen LogP contribution in [0, 0.1) is 11.8 Å². The Morgan fingerprint density at radius 2 is 1.52 bits per heavy atom. The predicted octanol–water partition coefficient (Wildman–Crippen LogP) is 2.54. The summed E-state index contributed by atoms with van der Waals surface area (Å²) in [7, 11) is 0. The normalized spacial score (nSPS) is 22.0. The van der Waals surface area contributed by atoms with E-state index in [1.807, 2.05) is 4.90 Å². The van der Waals surface area contributed by atoms with Crippen LogP contribution in [0.25, 0.3) is 0 Å². The molecule has 0 aromatic heterocycles. The molecule has 122 valence electrons. The van der Waals surface area contributed by atoms with Crippen LogP contribution in [0.2, 0.25) is 0 Å². The minimum Gasteiger partial charge on any atom is -0.479 e. The zero-order valence-corrected chi connectivity index (χ0v) is 13.7. The molecule has 1 heterocycles. The van der Waals surface area contributed by atoms with E-state index in [-0.39, 0.29) is 5.91 Å². The van der Waals surface area contributed by atoms with Crippen molar-refractivity contribution in [2.45, 2.75) is 65.6 Å². The molecule has 0 radical (unpaired) electrons. The Kier molecular flexibility index (Phi) is 7.15. The summed E-state index contributed by atoms with van der Waals surface area (Å²) in [5.41, 5.74) is 0. The van der Waals surface area contributed by atoms with Crippen molar-refractivity contribution in [2.24, 2.45) is 11.8 Å². The third-order valence-electron chi connectivity index (χ3n) is 3.83. The molecule has 5 nitrogen and oxygen atoms in total. The number of carboxylic acids is 1. The van der Waals surface area contributed by atoms with Gasteiger partial charge < -0.3 is 14.7 Å². The van der Waals surface area contributed by atoms with Crippen molar-refractivity contribution in [3.05, 3.63) is 0 Å². The first-order valence-electron chi connectivity index (χ1n) is 7.98. The standard InChI is InChI=1S/C16H29NO4/c1-11(2)7-9-17(10-8-12(3)4)15(18)13-5-6-14(21-13)16(19)20/h11-14H,5-10H2,1-4H3,(H,19,20). The van der Waals surface area contributed by atoms with Crippen LogP contribution < -0.4 is 0 Å². The van der Waals surface area contributed by atoms with E-state index in [2.05, 4.69) is 27.7 Å². The zero-order valence-electron chi connectivity index (χ0n) is 13.7. The summed E-state index contributed by atoms with van der Waals surface area (Å²) >= 11 is 0. The molecular formula is C16H29NO4. The minimum atomic E-state index is -0.971. The second kappa shape index (κ2) is 8.37. The van der Waals surface area contributed by atoms with Crippen molar-refractivity contribution in [3.8, 4) is 0 Å². The van der Waals surface area contributed by atoms with Crippen LogP contribution in [-0.4, -0.2) is 47.2 Å². The summed E-state index contributed by atoms with van der Waals surface area (Å²) in [5, 5.41) is 8.95. The molecule has 0 bridgehead atoms. The second-order valence-electron chi connectivity index (χ2n) is 6.72. The van der Waals surface area contributed by atoms with Crippen LogP contribution in [0.1, 0.15) is 53.4 Å². The average Bonchev–Trinajstić information content (AvgIpc) is 2.87. The maximum absolute atomic E-state index is 12.5. The van der Waals surface area contributed by atoms with Gasteiger partial charge in [0.15, 0.2) is 6.10 Å². The van der Waals surface area contributed by atoms with E-state index >= 15 is 0 Å². The van der Waals surface area contributed by atoms with Gasteiger partial charge in [0, 0.05) is 13.1 Å². The lowest BCUT2D eigenvalue weighted by Crippen LogP contribution is -2.41. The number of aliphatic carboxylic acids is 1. The first-order valence-corrected chi connectivity index (χ1v) is 7.98. The quantitative estimate of drug-likeness (QED) is 0.748. The van der Waals surface area contributed by atoms with E-state index in [9.17, 15) is 9.59 Å².